The average molecular weight is 141 g/mol. The number of fused-ring (bicyclic) bond motifs is 1. The van der Waals surface area contributed by atoms with Gasteiger partial charge in [-0.25, -0.2) is 0 Å². The van der Waals surface area contributed by atoms with Gasteiger partial charge in [-0.1, -0.05) is 0 Å². The molecule has 0 amide bonds. The van der Waals surface area contributed by atoms with Gasteiger partial charge < -0.3 is 15.5 Å². The van der Waals surface area contributed by atoms with Gasteiger partial charge in [-0.15, -0.1) is 0 Å². The van der Waals surface area contributed by atoms with Crippen molar-refractivity contribution in [1.29, 1.82) is 0 Å². The third-order valence-corrected chi connectivity index (χ3v) is 2.44. The molecule has 0 spiro atoms. The number of piperazine rings is 1. The van der Waals surface area contributed by atoms with E-state index in [1.54, 1.807) is 0 Å². The van der Waals surface area contributed by atoms with Crippen molar-refractivity contribution in [2.45, 2.75) is 12.1 Å². The second-order valence-electron chi connectivity index (χ2n) is 3.34. The van der Waals surface area contributed by atoms with Crippen LogP contribution in [0.1, 0.15) is 0 Å². The van der Waals surface area contributed by atoms with Crippen LogP contribution in [0.4, 0.5) is 0 Å². The number of nitrogens with zero attached hydrogens (tertiary/aromatic N) is 1. The zero-order valence-electron chi connectivity index (χ0n) is 6.43. The highest BCUT2D eigenvalue weighted by molar-refractivity contribution is 4.95. The highest BCUT2D eigenvalue weighted by Crippen LogP contribution is 2.09. The molecule has 0 bridgehead atoms. The van der Waals surface area contributed by atoms with Gasteiger partial charge in [0.15, 0.2) is 0 Å². The van der Waals surface area contributed by atoms with Crippen LogP contribution in [0.25, 0.3) is 0 Å². The van der Waals surface area contributed by atoms with Crippen LogP contribution in [-0.2, 0) is 0 Å². The number of rotatable bonds is 0. The van der Waals surface area contributed by atoms with E-state index in [4.69, 9.17) is 0 Å². The lowest BCUT2D eigenvalue weighted by atomic mass is 10.1. The van der Waals surface area contributed by atoms with Crippen molar-refractivity contribution in [2.75, 3.05) is 33.2 Å². The number of hydrogen-bond donors (Lipinski definition) is 2. The first-order chi connectivity index (χ1) is 4.86. The Kier molecular flexibility index (Phi) is 1.64. The third kappa shape index (κ3) is 1.05. The Labute approximate surface area is 61.8 Å². The summed E-state index contributed by atoms with van der Waals surface area (Å²) in [7, 11) is 2.18. The third-order valence-electron chi connectivity index (χ3n) is 2.44. The van der Waals surface area contributed by atoms with Crippen LogP contribution in [0.3, 0.4) is 0 Å². The quantitative estimate of drug-likeness (QED) is 0.446. The molecule has 2 aliphatic rings. The minimum absolute atomic E-state index is 0.707. The molecule has 2 atom stereocenters. The van der Waals surface area contributed by atoms with Crippen molar-refractivity contribution in [3.05, 3.63) is 0 Å². The lowest BCUT2D eigenvalue weighted by Gasteiger charge is -2.26. The van der Waals surface area contributed by atoms with Crippen LogP contribution >= 0.6 is 0 Å². The minimum atomic E-state index is 0.707. The fourth-order valence-corrected chi connectivity index (χ4v) is 1.93. The van der Waals surface area contributed by atoms with Gasteiger partial charge in [-0.3, -0.25) is 0 Å². The monoisotopic (exact) mass is 141 g/mol. The Morgan fingerprint density at radius 1 is 1.10 bits per heavy atom. The van der Waals surface area contributed by atoms with E-state index >= 15 is 0 Å². The molecule has 2 fully saturated rings. The standard InChI is InChI=1S/C7H15N3/c1-10-4-6-7(5-10)9-3-2-8-6/h6-9H,2-5H2,1H3/t6-,7-/m0/s1. The van der Waals surface area contributed by atoms with Gasteiger partial charge in [0.25, 0.3) is 0 Å². The number of likely N-dealkylation sites (N-methyl/N-ethyl adjacent to an activating group) is 1. The first kappa shape index (κ1) is 6.58. The Morgan fingerprint density at radius 3 is 2.10 bits per heavy atom. The van der Waals surface area contributed by atoms with E-state index in [9.17, 15) is 0 Å². The van der Waals surface area contributed by atoms with Crippen LogP contribution in [0, 0.1) is 0 Å². The topological polar surface area (TPSA) is 27.3 Å². The molecule has 10 heavy (non-hydrogen) atoms. The molecule has 2 heterocycles. The molecular formula is C7H15N3. The lowest BCUT2D eigenvalue weighted by molar-refractivity contribution is 0.377. The van der Waals surface area contributed by atoms with Crippen LogP contribution in [0.5, 0.6) is 0 Å². The summed E-state index contributed by atoms with van der Waals surface area (Å²) in [5, 5.41) is 7.01. The van der Waals surface area contributed by atoms with Crippen LogP contribution < -0.4 is 10.6 Å². The molecule has 2 aliphatic heterocycles. The van der Waals surface area contributed by atoms with E-state index in [0.29, 0.717) is 12.1 Å². The Hall–Kier alpha value is -0.120. The van der Waals surface area contributed by atoms with Crippen molar-refractivity contribution in [2.24, 2.45) is 0 Å². The molecule has 2 saturated heterocycles. The maximum atomic E-state index is 3.51. The molecule has 0 saturated carbocycles. The van der Waals surface area contributed by atoms with E-state index in [1.807, 2.05) is 0 Å². The van der Waals surface area contributed by atoms with Crippen LogP contribution in [0.2, 0.25) is 0 Å². The van der Waals surface area contributed by atoms with Crippen molar-refractivity contribution in [1.82, 2.24) is 15.5 Å². The van der Waals surface area contributed by atoms with Gasteiger partial charge in [-0.05, 0) is 7.05 Å². The molecule has 3 heteroatoms. The summed E-state index contributed by atoms with van der Waals surface area (Å²) in [5.41, 5.74) is 0. The largest absolute Gasteiger partial charge is 0.310 e. The average Bonchev–Trinajstić information content (AvgIpc) is 2.27. The zero-order chi connectivity index (χ0) is 6.97. The molecule has 0 aromatic carbocycles. The van der Waals surface area contributed by atoms with Crippen LogP contribution in [0.15, 0.2) is 0 Å². The minimum Gasteiger partial charge on any atom is -0.310 e. The first-order valence-corrected chi connectivity index (χ1v) is 4.01. The number of nitrogens with one attached hydrogen (secondary N) is 2. The van der Waals surface area contributed by atoms with Gasteiger partial charge in [0, 0.05) is 38.3 Å². The summed E-state index contributed by atoms with van der Waals surface area (Å²) in [6, 6.07) is 1.41. The zero-order valence-corrected chi connectivity index (χ0v) is 6.43. The Morgan fingerprint density at radius 2 is 1.60 bits per heavy atom. The predicted octanol–water partition coefficient (Wildman–Crippen LogP) is -1.14. The van der Waals surface area contributed by atoms with E-state index < -0.39 is 0 Å². The van der Waals surface area contributed by atoms with Crippen molar-refractivity contribution in [3.8, 4) is 0 Å². The summed E-state index contributed by atoms with van der Waals surface area (Å²) >= 11 is 0. The predicted molar refractivity (Wildman–Crippen MR) is 41.1 cm³/mol. The molecule has 2 N–H and O–H groups in total. The van der Waals surface area contributed by atoms with Crippen LogP contribution in [-0.4, -0.2) is 50.2 Å². The van der Waals surface area contributed by atoms with Crippen molar-refractivity contribution >= 4 is 0 Å². The molecule has 0 aromatic rings. The fraction of sp³-hybridized carbons (Fsp3) is 1.00. The van der Waals surface area contributed by atoms with Crippen molar-refractivity contribution < 1.29 is 0 Å². The summed E-state index contributed by atoms with van der Waals surface area (Å²) in [4.78, 5) is 2.38. The van der Waals surface area contributed by atoms with Gasteiger partial charge in [0.1, 0.15) is 0 Å². The summed E-state index contributed by atoms with van der Waals surface area (Å²) in [6.07, 6.45) is 0. The van der Waals surface area contributed by atoms with Crippen molar-refractivity contribution in [3.63, 3.8) is 0 Å². The van der Waals surface area contributed by atoms with E-state index in [2.05, 4.69) is 22.6 Å². The van der Waals surface area contributed by atoms with Gasteiger partial charge in [0.2, 0.25) is 0 Å². The van der Waals surface area contributed by atoms with E-state index in [-0.39, 0.29) is 0 Å². The second kappa shape index (κ2) is 2.49. The molecule has 0 unspecified atom stereocenters. The Balaban J connectivity index is 1.97. The molecule has 0 aromatic heterocycles. The summed E-state index contributed by atoms with van der Waals surface area (Å²) in [5.74, 6) is 0. The number of likely N-dealkylation sites (tertiary alicyclic amines) is 1. The number of hydrogen-bond acceptors (Lipinski definition) is 3. The van der Waals surface area contributed by atoms with Gasteiger partial charge in [0.05, 0.1) is 0 Å². The molecule has 58 valence electrons. The fourth-order valence-electron chi connectivity index (χ4n) is 1.93. The maximum absolute atomic E-state index is 3.51. The summed E-state index contributed by atoms with van der Waals surface area (Å²) in [6.45, 7) is 4.68. The highest BCUT2D eigenvalue weighted by atomic mass is 15.2. The molecule has 0 radical (unpaired) electrons. The first-order valence-electron chi connectivity index (χ1n) is 4.01. The molecule has 2 rings (SSSR count). The normalized spacial score (nSPS) is 41.7. The highest BCUT2D eigenvalue weighted by Gasteiger charge is 2.31. The second-order valence-corrected chi connectivity index (χ2v) is 3.34. The molecule has 3 nitrogen and oxygen atoms in total. The van der Waals surface area contributed by atoms with E-state index in [1.165, 1.54) is 13.1 Å². The van der Waals surface area contributed by atoms with Gasteiger partial charge in [-0.2, -0.15) is 0 Å². The Bertz CT molecular complexity index is 112. The smallest absolute Gasteiger partial charge is 0.0362 e. The molecular weight excluding hydrogens is 126 g/mol. The van der Waals surface area contributed by atoms with Gasteiger partial charge >= 0.3 is 0 Å². The SMILES string of the molecule is CN1C[C@@H]2NCCN[C@H]2C1. The molecule has 0 aliphatic carbocycles. The summed E-state index contributed by atoms with van der Waals surface area (Å²) < 4.78 is 0. The lowest BCUT2D eigenvalue weighted by Crippen LogP contribution is -2.55. The maximum Gasteiger partial charge on any atom is 0.0362 e. The van der Waals surface area contributed by atoms with E-state index in [0.717, 1.165) is 13.1 Å².